The molecule has 0 aromatic carbocycles. The summed E-state index contributed by atoms with van der Waals surface area (Å²) in [4.78, 5) is 15.1. The highest BCUT2D eigenvalue weighted by molar-refractivity contribution is 5.47. The molecule has 126 valence electrons. The monoisotopic (exact) mass is 328 g/mol. The standard InChI is InChI=1S/C15H20N8O/c1-2-3-12-6-14(23-15(20-12)17-10-19-23)21-4-5-24-13(7-21)8-22-11-16-9-18-22/h6,9-11,13H,2-5,7-8H2,1H3. The SMILES string of the molecule is CCCc1cc(N2CCOC(Cn3cncn3)C2)n2ncnc2n1. The summed E-state index contributed by atoms with van der Waals surface area (Å²) < 4.78 is 9.49. The molecule has 1 aliphatic rings. The Morgan fingerprint density at radius 1 is 1.29 bits per heavy atom. The van der Waals surface area contributed by atoms with Gasteiger partial charge in [-0.3, -0.25) is 4.68 Å². The Morgan fingerprint density at radius 2 is 2.25 bits per heavy atom. The van der Waals surface area contributed by atoms with E-state index >= 15 is 0 Å². The summed E-state index contributed by atoms with van der Waals surface area (Å²) in [6.45, 7) is 5.09. The molecular formula is C15H20N8O. The fourth-order valence-corrected chi connectivity index (χ4v) is 3.03. The lowest BCUT2D eigenvalue weighted by molar-refractivity contribution is 0.0270. The van der Waals surface area contributed by atoms with Crippen LogP contribution in [0.4, 0.5) is 5.82 Å². The van der Waals surface area contributed by atoms with Crippen molar-refractivity contribution >= 4 is 11.6 Å². The Balaban J connectivity index is 1.60. The van der Waals surface area contributed by atoms with Crippen LogP contribution in [0.5, 0.6) is 0 Å². The number of aromatic nitrogens is 7. The number of anilines is 1. The summed E-state index contributed by atoms with van der Waals surface area (Å²) in [5.74, 6) is 1.67. The van der Waals surface area contributed by atoms with Gasteiger partial charge in [0.05, 0.1) is 19.3 Å². The first-order valence-corrected chi connectivity index (χ1v) is 8.22. The van der Waals surface area contributed by atoms with Crippen LogP contribution in [0.15, 0.2) is 25.0 Å². The molecule has 0 N–H and O–H groups in total. The zero-order valence-electron chi connectivity index (χ0n) is 13.6. The van der Waals surface area contributed by atoms with Gasteiger partial charge in [0.25, 0.3) is 5.78 Å². The molecule has 1 unspecified atom stereocenters. The Bertz CT molecular complexity index is 799. The molecule has 4 heterocycles. The molecular weight excluding hydrogens is 308 g/mol. The van der Waals surface area contributed by atoms with Crippen molar-refractivity contribution in [2.45, 2.75) is 32.4 Å². The van der Waals surface area contributed by atoms with Crippen molar-refractivity contribution in [2.75, 3.05) is 24.6 Å². The normalized spacial score (nSPS) is 18.4. The smallest absolute Gasteiger partial charge is 0.254 e. The van der Waals surface area contributed by atoms with Crippen molar-refractivity contribution in [1.82, 2.24) is 34.3 Å². The van der Waals surface area contributed by atoms with Gasteiger partial charge in [-0.2, -0.15) is 19.7 Å². The van der Waals surface area contributed by atoms with Gasteiger partial charge in [-0.15, -0.1) is 0 Å². The van der Waals surface area contributed by atoms with Gasteiger partial charge >= 0.3 is 0 Å². The third-order valence-electron chi connectivity index (χ3n) is 4.11. The first-order valence-electron chi connectivity index (χ1n) is 8.22. The van der Waals surface area contributed by atoms with Gasteiger partial charge in [-0.1, -0.05) is 13.3 Å². The van der Waals surface area contributed by atoms with E-state index in [2.05, 4.69) is 43.0 Å². The third-order valence-corrected chi connectivity index (χ3v) is 4.11. The van der Waals surface area contributed by atoms with Crippen molar-refractivity contribution in [1.29, 1.82) is 0 Å². The topological polar surface area (TPSA) is 86.3 Å². The minimum Gasteiger partial charge on any atom is -0.373 e. The van der Waals surface area contributed by atoms with E-state index in [9.17, 15) is 0 Å². The Morgan fingerprint density at radius 3 is 3.08 bits per heavy atom. The maximum Gasteiger partial charge on any atom is 0.254 e. The lowest BCUT2D eigenvalue weighted by Crippen LogP contribution is -2.45. The van der Waals surface area contributed by atoms with Crippen LogP contribution >= 0.6 is 0 Å². The molecule has 4 rings (SSSR count). The largest absolute Gasteiger partial charge is 0.373 e. The molecule has 1 saturated heterocycles. The Hall–Kier alpha value is -2.55. The van der Waals surface area contributed by atoms with Crippen LogP contribution in [0.2, 0.25) is 0 Å². The first kappa shape index (κ1) is 15.0. The molecule has 1 fully saturated rings. The van der Waals surface area contributed by atoms with E-state index in [-0.39, 0.29) is 6.10 Å². The highest BCUT2D eigenvalue weighted by atomic mass is 16.5. The minimum atomic E-state index is 0.0572. The fourth-order valence-electron chi connectivity index (χ4n) is 3.03. The number of nitrogens with zero attached hydrogens (tertiary/aromatic N) is 8. The van der Waals surface area contributed by atoms with E-state index in [1.54, 1.807) is 28.2 Å². The van der Waals surface area contributed by atoms with Crippen LogP contribution in [0.3, 0.4) is 0 Å². The second kappa shape index (κ2) is 6.52. The number of hydrogen-bond acceptors (Lipinski definition) is 7. The summed E-state index contributed by atoms with van der Waals surface area (Å²) >= 11 is 0. The van der Waals surface area contributed by atoms with Crippen molar-refractivity contribution in [3.8, 4) is 0 Å². The van der Waals surface area contributed by atoms with Crippen molar-refractivity contribution in [3.05, 3.63) is 30.7 Å². The summed E-state index contributed by atoms with van der Waals surface area (Å²) in [6.07, 6.45) is 6.84. The van der Waals surface area contributed by atoms with Gasteiger partial charge in [0.2, 0.25) is 0 Å². The number of rotatable bonds is 5. The molecule has 0 amide bonds. The summed E-state index contributed by atoms with van der Waals surface area (Å²) in [5, 5.41) is 8.49. The van der Waals surface area contributed by atoms with Crippen LogP contribution < -0.4 is 4.90 Å². The van der Waals surface area contributed by atoms with Gasteiger partial charge in [-0.05, 0) is 6.42 Å². The maximum absolute atomic E-state index is 5.88. The number of ether oxygens (including phenoxy) is 1. The summed E-state index contributed by atoms with van der Waals surface area (Å²) in [5.41, 5.74) is 1.05. The van der Waals surface area contributed by atoms with Crippen molar-refractivity contribution in [2.24, 2.45) is 0 Å². The molecule has 0 saturated carbocycles. The average Bonchev–Trinajstić information content (AvgIpc) is 3.26. The van der Waals surface area contributed by atoms with E-state index in [0.717, 1.165) is 37.4 Å². The van der Waals surface area contributed by atoms with Gasteiger partial charge in [0.15, 0.2) is 0 Å². The molecule has 3 aromatic heterocycles. The fraction of sp³-hybridized carbons (Fsp3) is 0.533. The van der Waals surface area contributed by atoms with E-state index in [1.165, 1.54) is 0 Å². The lowest BCUT2D eigenvalue weighted by atomic mass is 10.2. The first-order chi connectivity index (χ1) is 11.8. The van der Waals surface area contributed by atoms with Gasteiger partial charge in [0.1, 0.15) is 24.8 Å². The molecule has 9 nitrogen and oxygen atoms in total. The van der Waals surface area contributed by atoms with Crippen LogP contribution in [-0.4, -0.2) is 60.1 Å². The van der Waals surface area contributed by atoms with E-state index in [0.29, 0.717) is 18.9 Å². The average molecular weight is 328 g/mol. The number of aryl methyl sites for hydroxylation is 1. The second-order valence-electron chi connectivity index (χ2n) is 5.88. The quantitative estimate of drug-likeness (QED) is 0.677. The molecule has 0 aliphatic carbocycles. The zero-order chi connectivity index (χ0) is 16.4. The lowest BCUT2D eigenvalue weighted by Gasteiger charge is -2.34. The Kier molecular flexibility index (Phi) is 4.08. The minimum absolute atomic E-state index is 0.0572. The maximum atomic E-state index is 5.88. The van der Waals surface area contributed by atoms with E-state index in [4.69, 9.17) is 4.74 Å². The number of hydrogen-bond donors (Lipinski definition) is 0. The molecule has 0 bridgehead atoms. The van der Waals surface area contributed by atoms with Crippen molar-refractivity contribution < 1.29 is 4.74 Å². The number of fused-ring (bicyclic) bond motifs is 1. The van der Waals surface area contributed by atoms with E-state index in [1.807, 2.05) is 0 Å². The highest BCUT2D eigenvalue weighted by Crippen LogP contribution is 2.20. The summed E-state index contributed by atoms with van der Waals surface area (Å²) in [7, 11) is 0. The van der Waals surface area contributed by atoms with Crippen LogP contribution in [-0.2, 0) is 17.7 Å². The highest BCUT2D eigenvalue weighted by Gasteiger charge is 2.24. The van der Waals surface area contributed by atoms with Crippen molar-refractivity contribution in [3.63, 3.8) is 0 Å². The van der Waals surface area contributed by atoms with Gasteiger partial charge in [-0.25, -0.2) is 9.97 Å². The third kappa shape index (κ3) is 2.94. The zero-order valence-corrected chi connectivity index (χ0v) is 13.6. The van der Waals surface area contributed by atoms with Crippen LogP contribution in [0.1, 0.15) is 19.0 Å². The molecule has 0 spiro atoms. The molecule has 3 aromatic rings. The number of morpholine rings is 1. The Labute approximate surface area is 139 Å². The predicted octanol–water partition coefficient (Wildman–Crippen LogP) is 0.574. The van der Waals surface area contributed by atoms with Gasteiger partial charge < -0.3 is 9.64 Å². The van der Waals surface area contributed by atoms with E-state index < -0.39 is 0 Å². The van der Waals surface area contributed by atoms with Gasteiger partial charge in [0, 0.05) is 24.8 Å². The molecule has 1 aliphatic heterocycles. The van der Waals surface area contributed by atoms with Crippen LogP contribution in [0, 0.1) is 0 Å². The van der Waals surface area contributed by atoms with Crippen LogP contribution in [0.25, 0.3) is 5.78 Å². The molecule has 1 atom stereocenters. The molecule has 0 radical (unpaired) electrons. The predicted molar refractivity (Wildman–Crippen MR) is 86.8 cm³/mol. The summed E-state index contributed by atoms with van der Waals surface area (Å²) in [6, 6.07) is 2.11. The second-order valence-corrected chi connectivity index (χ2v) is 5.88. The molecule has 9 heteroatoms. The molecule has 24 heavy (non-hydrogen) atoms.